The average molecular weight is 444 g/mol. The summed E-state index contributed by atoms with van der Waals surface area (Å²) in [7, 11) is 0. The second-order valence-corrected chi connectivity index (χ2v) is 7.30. The maximum Gasteiger partial charge on any atom is 0.329 e. The van der Waals surface area contributed by atoms with E-state index in [1.807, 2.05) is 30.3 Å². The number of carbonyl (C=O) groups is 4. The van der Waals surface area contributed by atoms with Crippen LogP contribution in [0.3, 0.4) is 0 Å². The van der Waals surface area contributed by atoms with Crippen molar-refractivity contribution in [2.75, 3.05) is 11.9 Å². The largest absolute Gasteiger partial charge is 0.457 e. The van der Waals surface area contributed by atoms with Gasteiger partial charge in [-0.2, -0.15) is 0 Å². The number of nitrogens with zero attached hydrogens (tertiary/aromatic N) is 1. The third-order valence-corrected chi connectivity index (χ3v) is 5.02. The van der Waals surface area contributed by atoms with Gasteiger partial charge in [-0.25, -0.2) is 4.79 Å². The predicted octanol–water partition coefficient (Wildman–Crippen LogP) is 3.65. The van der Waals surface area contributed by atoms with Crippen molar-refractivity contribution >= 4 is 29.4 Å². The van der Waals surface area contributed by atoms with Crippen molar-refractivity contribution in [3.05, 3.63) is 90.0 Å². The van der Waals surface area contributed by atoms with E-state index in [1.165, 1.54) is 19.1 Å². The molecular formula is C25H20N2O6. The zero-order valence-corrected chi connectivity index (χ0v) is 17.7. The van der Waals surface area contributed by atoms with Crippen LogP contribution in [-0.4, -0.2) is 41.2 Å². The van der Waals surface area contributed by atoms with Crippen molar-refractivity contribution < 1.29 is 28.7 Å². The Kier molecular flexibility index (Phi) is 6.17. The van der Waals surface area contributed by atoms with Gasteiger partial charge in [0.1, 0.15) is 17.5 Å². The maximum absolute atomic E-state index is 12.5. The van der Waals surface area contributed by atoms with Crippen LogP contribution < -0.4 is 10.1 Å². The Morgan fingerprint density at radius 1 is 0.818 bits per heavy atom. The Morgan fingerprint density at radius 2 is 1.36 bits per heavy atom. The fraction of sp³-hybridized carbons (Fsp3) is 0.120. The Bertz CT molecular complexity index is 1170. The van der Waals surface area contributed by atoms with Gasteiger partial charge < -0.3 is 14.8 Å². The van der Waals surface area contributed by atoms with Gasteiger partial charge in [-0.05, 0) is 55.5 Å². The molecule has 0 unspecified atom stereocenters. The highest BCUT2D eigenvalue weighted by Gasteiger charge is 2.41. The van der Waals surface area contributed by atoms with Gasteiger partial charge in [0.25, 0.3) is 17.7 Å². The first-order valence-electron chi connectivity index (χ1n) is 10.2. The van der Waals surface area contributed by atoms with Gasteiger partial charge in [0, 0.05) is 5.69 Å². The maximum atomic E-state index is 12.5. The average Bonchev–Trinajstić information content (AvgIpc) is 3.09. The number of ether oxygens (including phenoxy) is 2. The minimum absolute atomic E-state index is 0.236. The molecule has 4 rings (SSSR count). The van der Waals surface area contributed by atoms with Crippen LogP contribution in [0.2, 0.25) is 0 Å². The molecule has 3 aromatic rings. The Hall–Kier alpha value is -4.46. The van der Waals surface area contributed by atoms with Crippen molar-refractivity contribution in [1.29, 1.82) is 0 Å². The number of para-hydroxylation sites is 1. The summed E-state index contributed by atoms with van der Waals surface area (Å²) in [4.78, 5) is 50.4. The smallest absolute Gasteiger partial charge is 0.329 e. The molecule has 0 bridgehead atoms. The molecule has 1 aliphatic rings. The zero-order valence-electron chi connectivity index (χ0n) is 17.7. The highest BCUT2D eigenvalue weighted by Crippen LogP contribution is 2.25. The fourth-order valence-corrected chi connectivity index (χ4v) is 3.35. The molecular weight excluding hydrogens is 424 g/mol. The van der Waals surface area contributed by atoms with Crippen LogP contribution >= 0.6 is 0 Å². The Balaban J connectivity index is 1.29. The third-order valence-electron chi connectivity index (χ3n) is 5.02. The lowest BCUT2D eigenvalue weighted by Crippen LogP contribution is -2.44. The zero-order chi connectivity index (χ0) is 23.4. The van der Waals surface area contributed by atoms with Crippen molar-refractivity contribution in [1.82, 2.24) is 4.90 Å². The topological polar surface area (TPSA) is 102 Å². The van der Waals surface area contributed by atoms with Crippen molar-refractivity contribution in [3.8, 4) is 11.5 Å². The highest BCUT2D eigenvalue weighted by atomic mass is 16.5. The minimum Gasteiger partial charge on any atom is -0.457 e. The standard InChI is InChI=1S/C25H20N2O6/c1-16(27-23(29)20-9-5-6-10-21(20)24(27)30)25(31)32-15-22(28)26-17-11-13-19(14-12-17)33-18-7-3-2-4-8-18/h2-14,16H,15H2,1H3,(H,26,28)/t16-/m0/s1. The predicted molar refractivity (Wildman–Crippen MR) is 119 cm³/mol. The van der Waals surface area contributed by atoms with Gasteiger partial charge in [0.15, 0.2) is 6.61 Å². The normalized spacial score (nSPS) is 13.3. The number of hydrogen-bond donors (Lipinski definition) is 1. The van der Waals surface area contributed by atoms with E-state index in [-0.39, 0.29) is 11.1 Å². The van der Waals surface area contributed by atoms with Gasteiger partial charge in [-0.15, -0.1) is 0 Å². The fourth-order valence-electron chi connectivity index (χ4n) is 3.35. The lowest BCUT2D eigenvalue weighted by atomic mass is 10.1. The lowest BCUT2D eigenvalue weighted by Gasteiger charge is -2.20. The molecule has 1 N–H and O–H groups in total. The first-order chi connectivity index (χ1) is 15.9. The Morgan fingerprint density at radius 3 is 1.97 bits per heavy atom. The SMILES string of the molecule is C[C@@H](C(=O)OCC(=O)Nc1ccc(Oc2ccccc2)cc1)N1C(=O)c2ccccc2C1=O. The summed E-state index contributed by atoms with van der Waals surface area (Å²) in [6.07, 6.45) is 0. The second-order valence-electron chi connectivity index (χ2n) is 7.30. The molecule has 33 heavy (non-hydrogen) atoms. The van der Waals surface area contributed by atoms with E-state index in [9.17, 15) is 19.2 Å². The molecule has 0 saturated carbocycles. The van der Waals surface area contributed by atoms with E-state index < -0.39 is 36.3 Å². The summed E-state index contributed by atoms with van der Waals surface area (Å²) in [6, 6.07) is 21.1. The number of amides is 3. The molecule has 1 heterocycles. The summed E-state index contributed by atoms with van der Waals surface area (Å²) in [5.74, 6) is -1.26. The molecule has 0 spiro atoms. The van der Waals surface area contributed by atoms with Crippen LogP contribution in [0, 0.1) is 0 Å². The molecule has 0 aliphatic carbocycles. The lowest BCUT2D eigenvalue weighted by molar-refractivity contribution is -0.150. The number of rotatable bonds is 7. The number of benzene rings is 3. The number of anilines is 1. The quantitative estimate of drug-likeness (QED) is 0.441. The van der Waals surface area contributed by atoms with Gasteiger partial charge >= 0.3 is 5.97 Å². The van der Waals surface area contributed by atoms with Gasteiger partial charge in [0.2, 0.25) is 0 Å². The van der Waals surface area contributed by atoms with Gasteiger partial charge in [-0.1, -0.05) is 30.3 Å². The number of esters is 1. The molecule has 3 amide bonds. The molecule has 8 nitrogen and oxygen atoms in total. The number of fused-ring (bicyclic) bond motifs is 1. The van der Waals surface area contributed by atoms with E-state index >= 15 is 0 Å². The summed E-state index contributed by atoms with van der Waals surface area (Å²) >= 11 is 0. The minimum atomic E-state index is -1.17. The number of nitrogens with one attached hydrogen (secondary N) is 1. The molecule has 1 atom stereocenters. The van der Waals surface area contributed by atoms with Crippen LogP contribution in [0.4, 0.5) is 5.69 Å². The summed E-state index contributed by atoms with van der Waals surface area (Å²) in [5.41, 5.74) is 0.962. The summed E-state index contributed by atoms with van der Waals surface area (Å²) in [6.45, 7) is 0.821. The van der Waals surface area contributed by atoms with Crippen molar-refractivity contribution in [2.24, 2.45) is 0 Å². The molecule has 0 fully saturated rings. The van der Waals surface area contributed by atoms with Crippen LogP contribution in [0.1, 0.15) is 27.6 Å². The molecule has 166 valence electrons. The Labute approximate surface area is 189 Å². The van der Waals surface area contributed by atoms with Crippen LogP contribution in [0.15, 0.2) is 78.9 Å². The number of hydrogen-bond acceptors (Lipinski definition) is 6. The third kappa shape index (κ3) is 4.74. The van der Waals surface area contributed by atoms with Crippen LogP contribution in [0.25, 0.3) is 0 Å². The van der Waals surface area contributed by atoms with Gasteiger partial charge in [-0.3, -0.25) is 19.3 Å². The molecule has 0 aromatic heterocycles. The molecule has 3 aromatic carbocycles. The van der Waals surface area contributed by atoms with E-state index in [0.717, 1.165) is 4.90 Å². The summed E-state index contributed by atoms with van der Waals surface area (Å²) in [5, 5.41) is 2.61. The van der Waals surface area contributed by atoms with E-state index in [4.69, 9.17) is 9.47 Å². The molecule has 0 radical (unpaired) electrons. The van der Waals surface area contributed by atoms with Crippen LogP contribution in [0.5, 0.6) is 11.5 Å². The first kappa shape index (κ1) is 21.8. The molecule has 8 heteroatoms. The van der Waals surface area contributed by atoms with Crippen LogP contribution in [-0.2, 0) is 14.3 Å². The van der Waals surface area contributed by atoms with E-state index in [2.05, 4.69) is 5.32 Å². The van der Waals surface area contributed by atoms with E-state index in [0.29, 0.717) is 17.2 Å². The van der Waals surface area contributed by atoms with Crippen molar-refractivity contribution in [2.45, 2.75) is 13.0 Å². The number of carbonyl (C=O) groups excluding carboxylic acids is 4. The van der Waals surface area contributed by atoms with E-state index in [1.54, 1.807) is 36.4 Å². The molecule has 1 aliphatic heterocycles. The summed E-state index contributed by atoms with van der Waals surface area (Å²) < 4.78 is 10.7. The second kappa shape index (κ2) is 9.35. The molecule has 0 saturated heterocycles. The van der Waals surface area contributed by atoms with Gasteiger partial charge in [0.05, 0.1) is 11.1 Å². The number of imide groups is 1. The highest BCUT2D eigenvalue weighted by molar-refractivity contribution is 6.22. The first-order valence-corrected chi connectivity index (χ1v) is 10.2. The van der Waals surface area contributed by atoms with Crippen molar-refractivity contribution in [3.63, 3.8) is 0 Å². The monoisotopic (exact) mass is 444 g/mol.